The maximum absolute atomic E-state index is 15.2. The Hall–Kier alpha value is -0.512. The van der Waals surface area contributed by atoms with Gasteiger partial charge in [-0.25, -0.2) is 0 Å². The molecule has 1 aliphatic rings. The molecule has 2 aromatic carbocycles. The zero-order valence-electron chi connectivity index (χ0n) is 26.7. The Balaban J connectivity index is 0.00000261. The topological polar surface area (TPSA) is 67.8 Å². The van der Waals surface area contributed by atoms with Gasteiger partial charge >= 0.3 is 18.9 Å². The largest absolute Gasteiger partial charge is 1.00 e. The Bertz CT molecular complexity index is 1100. The molecule has 0 radical (unpaired) electrons. The molecule has 5 atom stereocenters. The summed E-state index contributed by atoms with van der Waals surface area (Å²) in [6.45, 7) is 26.0. The minimum atomic E-state index is -2.13. The smallest absolute Gasteiger partial charge is 0.823 e. The van der Waals surface area contributed by atoms with Crippen molar-refractivity contribution in [1.82, 2.24) is 0 Å². The van der Waals surface area contributed by atoms with Crippen molar-refractivity contribution in [2.45, 2.75) is 103 Å². The van der Waals surface area contributed by atoms with Gasteiger partial charge in [-0.2, -0.15) is 0 Å². The predicted molar refractivity (Wildman–Crippen MR) is 168 cm³/mol. The first-order valence-electron chi connectivity index (χ1n) is 13.7. The number of aryl methyl sites for hydroxylation is 1. The monoisotopic (exact) mass is 614 g/mol. The van der Waals surface area contributed by atoms with E-state index in [1.54, 1.807) is 0 Å². The third kappa shape index (κ3) is 9.77. The summed E-state index contributed by atoms with van der Waals surface area (Å²) in [5.74, 6) is -1.84. The molecule has 0 aliphatic carbocycles. The van der Waals surface area contributed by atoms with Crippen molar-refractivity contribution < 1.29 is 42.4 Å². The minimum absolute atomic E-state index is 0. The van der Waals surface area contributed by atoms with Crippen LogP contribution in [0.4, 0.5) is 0 Å². The van der Waals surface area contributed by atoms with Gasteiger partial charge in [0, 0.05) is 16.7 Å². The SMILES string of the molecule is C=O.Cc1ccc(Cc2cc(C3([O-])O[C@H]([Si](C)(C)C)[C@@H](C)[C@H](O[Si](C)(C)C)[C@H]3O[Si](C)(C)C)ccc2Cl)cc1.[Li+]. The maximum atomic E-state index is 15.2. The molecule has 0 saturated carbocycles. The van der Waals surface area contributed by atoms with E-state index >= 15 is 5.11 Å². The van der Waals surface area contributed by atoms with Crippen LogP contribution in [0.3, 0.4) is 0 Å². The summed E-state index contributed by atoms with van der Waals surface area (Å²) in [6.07, 6.45) is -0.440. The molecule has 3 rings (SSSR count). The molecule has 1 aliphatic heterocycles. The Morgan fingerprint density at radius 2 is 1.45 bits per heavy atom. The van der Waals surface area contributed by atoms with Gasteiger partial charge in [0.2, 0.25) is 0 Å². The third-order valence-corrected chi connectivity index (χ3v) is 11.4. The fourth-order valence-corrected chi connectivity index (χ4v) is 9.87. The zero-order chi connectivity index (χ0) is 30.0. The zero-order valence-corrected chi connectivity index (χ0v) is 30.4. The van der Waals surface area contributed by atoms with E-state index in [0.717, 1.165) is 11.1 Å². The normalized spacial score (nSPS) is 25.4. The number of hydrogen-bond acceptors (Lipinski definition) is 5. The van der Waals surface area contributed by atoms with E-state index in [1.165, 1.54) is 5.56 Å². The van der Waals surface area contributed by atoms with E-state index in [0.29, 0.717) is 17.0 Å². The summed E-state index contributed by atoms with van der Waals surface area (Å²) in [6, 6.07) is 14.0. The van der Waals surface area contributed by atoms with Crippen LogP contribution in [0, 0.1) is 12.8 Å². The Morgan fingerprint density at radius 3 is 1.93 bits per heavy atom. The van der Waals surface area contributed by atoms with Crippen molar-refractivity contribution >= 4 is 43.1 Å². The summed E-state index contributed by atoms with van der Waals surface area (Å²) in [5, 5.41) is 15.8. The van der Waals surface area contributed by atoms with Crippen molar-refractivity contribution in [1.29, 1.82) is 0 Å². The maximum Gasteiger partial charge on any atom is 1.00 e. The molecular weight excluding hydrogens is 567 g/mol. The summed E-state index contributed by atoms with van der Waals surface area (Å²) in [5.41, 5.74) is 3.69. The molecule has 1 fully saturated rings. The van der Waals surface area contributed by atoms with Crippen molar-refractivity contribution in [3.05, 3.63) is 69.7 Å². The first-order valence-corrected chi connectivity index (χ1v) is 24.4. The van der Waals surface area contributed by atoms with Gasteiger partial charge in [0.25, 0.3) is 0 Å². The third-order valence-electron chi connectivity index (χ3n) is 6.76. The van der Waals surface area contributed by atoms with Crippen LogP contribution in [0.15, 0.2) is 42.5 Å². The molecule has 1 unspecified atom stereocenters. The molecule has 5 nitrogen and oxygen atoms in total. The molecule has 0 aromatic heterocycles. The number of benzene rings is 2. The predicted octanol–water partition coefficient (Wildman–Crippen LogP) is 3.92. The van der Waals surface area contributed by atoms with Crippen LogP contribution in [0.25, 0.3) is 0 Å². The van der Waals surface area contributed by atoms with E-state index in [1.807, 2.05) is 25.0 Å². The van der Waals surface area contributed by atoms with E-state index in [4.69, 9.17) is 30.0 Å². The molecule has 40 heavy (non-hydrogen) atoms. The van der Waals surface area contributed by atoms with Gasteiger partial charge in [0.05, 0.1) is 26.0 Å². The van der Waals surface area contributed by atoms with Crippen molar-refractivity contribution in [3.63, 3.8) is 0 Å². The van der Waals surface area contributed by atoms with Crippen LogP contribution < -0.4 is 24.0 Å². The Morgan fingerprint density at radius 1 is 0.925 bits per heavy atom. The molecule has 1 saturated heterocycles. The van der Waals surface area contributed by atoms with Gasteiger partial charge in [0.15, 0.2) is 16.6 Å². The summed E-state index contributed by atoms with van der Waals surface area (Å²) < 4.78 is 20.2. The molecule has 2 aromatic rings. The van der Waals surface area contributed by atoms with E-state index in [-0.39, 0.29) is 36.6 Å². The fraction of sp³-hybridized carbons (Fsp3) is 0.567. The second kappa shape index (κ2) is 14.3. The molecule has 10 heteroatoms. The summed E-state index contributed by atoms with van der Waals surface area (Å²) >= 11 is 6.67. The average Bonchev–Trinajstić information content (AvgIpc) is 2.80. The number of hydrogen-bond donors (Lipinski definition) is 0. The summed E-state index contributed by atoms with van der Waals surface area (Å²) in [4.78, 5) is 8.00. The van der Waals surface area contributed by atoms with Crippen molar-refractivity contribution in [2.24, 2.45) is 5.92 Å². The van der Waals surface area contributed by atoms with Crippen LogP contribution in [0.5, 0.6) is 0 Å². The second-order valence-electron chi connectivity index (χ2n) is 13.7. The number of halogens is 1. The number of carbonyl (C=O) groups is 1. The fourth-order valence-electron chi connectivity index (χ4n) is 5.18. The van der Waals surface area contributed by atoms with Gasteiger partial charge in [-0.05, 0) is 75.4 Å². The molecule has 0 spiro atoms. The molecule has 0 N–H and O–H groups in total. The van der Waals surface area contributed by atoms with Gasteiger partial charge in [0.1, 0.15) is 6.79 Å². The van der Waals surface area contributed by atoms with Crippen LogP contribution in [0.1, 0.15) is 29.2 Å². The molecule has 0 amide bonds. The van der Waals surface area contributed by atoms with Gasteiger partial charge in [-0.15, -0.1) is 0 Å². The molecular formula is C30H48ClLiO5Si3. The van der Waals surface area contributed by atoms with Crippen LogP contribution in [-0.4, -0.2) is 49.4 Å². The quantitative estimate of drug-likeness (QED) is 0.422. The number of carbonyl (C=O) groups excluding carboxylic acids is 1. The van der Waals surface area contributed by atoms with Crippen LogP contribution in [-0.2, 0) is 30.6 Å². The minimum Gasteiger partial charge on any atom is -0.823 e. The number of rotatable bonds is 8. The van der Waals surface area contributed by atoms with Gasteiger partial charge < -0.3 is 23.5 Å². The number of ether oxygens (including phenoxy) is 1. The second-order valence-corrected chi connectivity index (χ2v) is 28.4. The summed E-state index contributed by atoms with van der Waals surface area (Å²) in [7, 11) is -6.02. The first-order chi connectivity index (χ1) is 17.8. The van der Waals surface area contributed by atoms with E-state index < -0.39 is 36.6 Å². The van der Waals surface area contributed by atoms with E-state index in [2.05, 4.69) is 97.0 Å². The molecule has 1 heterocycles. The first kappa shape index (κ1) is 37.5. The van der Waals surface area contributed by atoms with Gasteiger partial charge in [-0.3, -0.25) is 0 Å². The molecule has 0 bridgehead atoms. The Labute approximate surface area is 262 Å². The van der Waals surface area contributed by atoms with Gasteiger partial charge in [-0.1, -0.05) is 80.1 Å². The average molecular weight is 615 g/mol. The van der Waals surface area contributed by atoms with E-state index in [9.17, 15) is 0 Å². The van der Waals surface area contributed by atoms with Crippen LogP contribution in [0.2, 0.25) is 63.9 Å². The van der Waals surface area contributed by atoms with Crippen LogP contribution >= 0.6 is 11.6 Å². The van der Waals surface area contributed by atoms with Crippen molar-refractivity contribution in [3.8, 4) is 0 Å². The Kier molecular flexibility index (Phi) is 13.4. The standard InChI is InChI=1S/C29H46ClO4Si3.CH2O.Li/c1-20-12-14-22(15-13-20)18-23-19-24(16-17-25(23)30)29(31)27(34-37(9,10)11)26(33-36(6,7)8)21(2)28(32-29)35(3,4)5;1-2;/h12-17,19,21,26-28H,18H2,1-11H3;1H2;/q-1;;+1/t21-,26-,27+,28+,29?;;/m0../s1. The molecule has 218 valence electrons. The van der Waals surface area contributed by atoms with Crippen molar-refractivity contribution in [2.75, 3.05) is 0 Å².